The Morgan fingerprint density at radius 1 is 1.50 bits per heavy atom. The molecule has 0 aromatic heterocycles. The van der Waals surface area contributed by atoms with Crippen LogP contribution in [-0.4, -0.2) is 17.9 Å². The van der Waals surface area contributed by atoms with E-state index in [0.717, 1.165) is 0 Å². The first-order valence-corrected chi connectivity index (χ1v) is 5.28. The lowest BCUT2D eigenvalue weighted by atomic mass is 10.1. The predicted octanol–water partition coefficient (Wildman–Crippen LogP) is 2.71. The lowest BCUT2D eigenvalue weighted by molar-refractivity contribution is 0.0531. The summed E-state index contributed by atoms with van der Waals surface area (Å²) in [7, 11) is 0. The van der Waals surface area contributed by atoms with Crippen molar-refractivity contribution in [1.29, 1.82) is 0 Å². The Bertz CT molecular complexity index is 315. The molecule has 0 saturated heterocycles. The molecule has 1 rings (SSSR count). The normalized spacial score (nSPS) is 9.86. The van der Waals surface area contributed by atoms with Crippen LogP contribution in [0.1, 0.15) is 15.9 Å². The third-order valence-corrected chi connectivity index (χ3v) is 1.95. The van der Waals surface area contributed by atoms with Crippen LogP contribution in [0.5, 0.6) is 0 Å². The molecule has 1 aromatic carbocycles. The van der Waals surface area contributed by atoms with Gasteiger partial charge in [-0.05, 0) is 17.7 Å². The van der Waals surface area contributed by atoms with E-state index in [1.54, 1.807) is 18.2 Å². The molecule has 0 radical (unpaired) electrons. The van der Waals surface area contributed by atoms with Crippen molar-refractivity contribution in [2.75, 3.05) is 11.9 Å². The molecule has 0 bridgehead atoms. The first kappa shape index (κ1) is 11.2. The predicted molar refractivity (Wildman–Crippen MR) is 55.3 cm³/mol. The molecular weight excluding hydrogens is 251 g/mol. The zero-order chi connectivity index (χ0) is 10.4. The van der Waals surface area contributed by atoms with E-state index in [9.17, 15) is 9.18 Å². The molecule has 0 saturated carbocycles. The number of benzene rings is 1. The number of rotatable bonds is 4. The van der Waals surface area contributed by atoms with Gasteiger partial charge in [-0.3, -0.25) is 0 Å². The van der Waals surface area contributed by atoms with Crippen LogP contribution in [-0.2, 0) is 11.4 Å². The van der Waals surface area contributed by atoms with Crippen molar-refractivity contribution in [3.8, 4) is 0 Å². The molecular formula is C10H10BrFO2. The lowest BCUT2D eigenvalue weighted by Gasteiger charge is -2.03. The first-order chi connectivity index (χ1) is 6.77. The van der Waals surface area contributed by atoms with Crippen LogP contribution in [0.4, 0.5) is 4.39 Å². The van der Waals surface area contributed by atoms with Crippen molar-refractivity contribution >= 4 is 21.9 Å². The lowest BCUT2D eigenvalue weighted by Crippen LogP contribution is -2.07. The van der Waals surface area contributed by atoms with Crippen molar-refractivity contribution in [3.05, 3.63) is 35.4 Å². The Morgan fingerprint density at radius 2 is 2.29 bits per heavy atom. The Kier molecular flexibility index (Phi) is 4.59. The molecule has 0 aliphatic carbocycles. The molecule has 0 spiro atoms. The van der Waals surface area contributed by atoms with Gasteiger partial charge in [0.2, 0.25) is 0 Å². The summed E-state index contributed by atoms with van der Waals surface area (Å²) in [4.78, 5) is 11.3. The zero-order valence-corrected chi connectivity index (χ0v) is 9.09. The molecule has 0 N–H and O–H groups in total. The molecule has 0 heterocycles. The Balaban J connectivity index is 2.69. The van der Waals surface area contributed by atoms with Gasteiger partial charge in [0.25, 0.3) is 0 Å². The Labute approximate surface area is 90.2 Å². The fourth-order valence-electron chi connectivity index (χ4n) is 0.996. The highest BCUT2D eigenvalue weighted by Gasteiger charge is 2.06. The van der Waals surface area contributed by atoms with Crippen molar-refractivity contribution in [2.24, 2.45) is 0 Å². The zero-order valence-electron chi connectivity index (χ0n) is 7.50. The van der Waals surface area contributed by atoms with Gasteiger partial charge in [0.1, 0.15) is 13.3 Å². The van der Waals surface area contributed by atoms with E-state index in [2.05, 4.69) is 15.9 Å². The van der Waals surface area contributed by atoms with Gasteiger partial charge < -0.3 is 4.74 Å². The number of carbonyl (C=O) groups is 1. The van der Waals surface area contributed by atoms with Gasteiger partial charge in [-0.1, -0.05) is 28.1 Å². The summed E-state index contributed by atoms with van der Waals surface area (Å²) in [5, 5.41) is 0.599. The molecule has 0 aliphatic heterocycles. The number of halogens is 2. The van der Waals surface area contributed by atoms with Gasteiger partial charge in [0.15, 0.2) is 0 Å². The second-order valence-electron chi connectivity index (χ2n) is 2.66. The molecule has 76 valence electrons. The fraction of sp³-hybridized carbons (Fsp3) is 0.300. The SMILES string of the molecule is O=C(OCCBr)c1cccc(CF)c1. The minimum absolute atomic E-state index is 0.318. The maximum atomic E-state index is 12.3. The smallest absolute Gasteiger partial charge is 0.338 e. The molecule has 2 nitrogen and oxygen atoms in total. The quantitative estimate of drug-likeness (QED) is 0.615. The van der Waals surface area contributed by atoms with E-state index in [-0.39, 0.29) is 0 Å². The van der Waals surface area contributed by atoms with E-state index < -0.39 is 12.6 Å². The van der Waals surface area contributed by atoms with Crippen LogP contribution in [0.2, 0.25) is 0 Å². The number of ether oxygens (including phenoxy) is 1. The van der Waals surface area contributed by atoms with Crippen LogP contribution in [0.15, 0.2) is 24.3 Å². The van der Waals surface area contributed by atoms with E-state index in [4.69, 9.17) is 4.74 Å². The number of alkyl halides is 2. The van der Waals surface area contributed by atoms with Crippen molar-refractivity contribution in [3.63, 3.8) is 0 Å². The molecule has 14 heavy (non-hydrogen) atoms. The van der Waals surface area contributed by atoms with E-state index in [1.165, 1.54) is 6.07 Å². The highest BCUT2D eigenvalue weighted by Crippen LogP contribution is 2.08. The summed E-state index contributed by atoms with van der Waals surface area (Å²) in [6.45, 7) is -0.252. The average Bonchev–Trinajstić information content (AvgIpc) is 2.26. The molecule has 0 fully saturated rings. The van der Waals surface area contributed by atoms with E-state index in [1.807, 2.05) is 0 Å². The maximum Gasteiger partial charge on any atom is 0.338 e. The van der Waals surface area contributed by atoms with Crippen molar-refractivity contribution in [1.82, 2.24) is 0 Å². The van der Waals surface area contributed by atoms with Crippen LogP contribution >= 0.6 is 15.9 Å². The largest absolute Gasteiger partial charge is 0.461 e. The van der Waals surface area contributed by atoms with Gasteiger partial charge in [-0.15, -0.1) is 0 Å². The Hall–Kier alpha value is -0.900. The summed E-state index contributed by atoms with van der Waals surface area (Å²) < 4.78 is 17.1. The topological polar surface area (TPSA) is 26.3 Å². The number of carbonyl (C=O) groups excluding carboxylic acids is 1. The third-order valence-electron chi connectivity index (χ3n) is 1.63. The van der Waals surface area contributed by atoms with Gasteiger partial charge in [-0.2, -0.15) is 0 Å². The van der Waals surface area contributed by atoms with Crippen molar-refractivity contribution < 1.29 is 13.9 Å². The summed E-state index contributed by atoms with van der Waals surface area (Å²) in [6, 6.07) is 6.37. The van der Waals surface area contributed by atoms with Crippen LogP contribution in [0.25, 0.3) is 0 Å². The van der Waals surface area contributed by atoms with Gasteiger partial charge in [0.05, 0.1) is 5.56 Å². The van der Waals surface area contributed by atoms with E-state index >= 15 is 0 Å². The fourth-order valence-corrected chi connectivity index (χ4v) is 1.16. The molecule has 0 atom stereocenters. The minimum atomic E-state index is -0.570. The molecule has 1 aromatic rings. The van der Waals surface area contributed by atoms with Crippen LogP contribution < -0.4 is 0 Å². The first-order valence-electron chi connectivity index (χ1n) is 4.16. The van der Waals surface area contributed by atoms with E-state index in [0.29, 0.717) is 23.1 Å². The molecule has 0 aliphatic rings. The number of esters is 1. The van der Waals surface area contributed by atoms with Crippen molar-refractivity contribution in [2.45, 2.75) is 6.67 Å². The van der Waals surface area contributed by atoms with Crippen LogP contribution in [0.3, 0.4) is 0 Å². The standard InChI is InChI=1S/C10H10BrFO2/c11-4-5-14-10(13)9-3-1-2-8(6-9)7-12/h1-3,6H,4-5,7H2. The van der Waals surface area contributed by atoms with Gasteiger partial charge >= 0.3 is 5.97 Å². The number of hydrogen-bond donors (Lipinski definition) is 0. The Morgan fingerprint density at radius 3 is 2.93 bits per heavy atom. The monoisotopic (exact) mass is 260 g/mol. The highest BCUT2D eigenvalue weighted by molar-refractivity contribution is 9.09. The highest BCUT2D eigenvalue weighted by atomic mass is 79.9. The van der Waals surface area contributed by atoms with Crippen LogP contribution in [0, 0.1) is 0 Å². The molecule has 0 unspecified atom stereocenters. The number of hydrogen-bond acceptors (Lipinski definition) is 2. The second-order valence-corrected chi connectivity index (χ2v) is 3.45. The summed E-state index contributed by atoms with van der Waals surface area (Å²) >= 11 is 3.14. The van der Waals surface area contributed by atoms with Gasteiger partial charge in [-0.25, -0.2) is 9.18 Å². The summed E-state index contributed by atoms with van der Waals surface area (Å²) in [5.41, 5.74) is 0.874. The minimum Gasteiger partial charge on any atom is -0.461 e. The second kappa shape index (κ2) is 5.75. The molecule has 4 heteroatoms. The summed E-state index contributed by atoms with van der Waals surface area (Å²) in [6.07, 6.45) is 0. The average molecular weight is 261 g/mol. The third kappa shape index (κ3) is 3.10. The summed E-state index contributed by atoms with van der Waals surface area (Å²) in [5.74, 6) is -0.417. The van der Waals surface area contributed by atoms with Gasteiger partial charge in [0, 0.05) is 5.33 Å². The molecule has 0 amide bonds. The maximum absolute atomic E-state index is 12.3.